The molecule has 0 spiro atoms. The van der Waals surface area contributed by atoms with Crippen molar-refractivity contribution in [1.82, 2.24) is 19.6 Å². The van der Waals surface area contributed by atoms with Crippen molar-refractivity contribution >= 4 is 11.6 Å². The van der Waals surface area contributed by atoms with Crippen LogP contribution in [0.4, 0.5) is 0 Å². The van der Waals surface area contributed by atoms with Crippen LogP contribution in [0.3, 0.4) is 0 Å². The minimum atomic E-state index is -0.915. The molecule has 0 radical (unpaired) electrons. The van der Waals surface area contributed by atoms with Gasteiger partial charge in [0, 0.05) is 12.4 Å². The Kier molecular flexibility index (Phi) is 3.35. The predicted octanol–water partition coefficient (Wildman–Crippen LogP) is 1.84. The summed E-state index contributed by atoms with van der Waals surface area (Å²) in [5.74, 6) is -1.67. The maximum atomic E-state index is 11.7. The van der Waals surface area contributed by atoms with Crippen LogP contribution in [0, 0.1) is 6.92 Å². The second-order valence-electron chi connectivity index (χ2n) is 4.90. The standard InChI is InChI=1S/C15H14N4O2/c1-10-4-2-3-5-11(10)8-12(15(20)21)13-14-18-17-9-19(14)7-6-16-13/h2-7,9,12H,8H2,1H3,(H,20,21). The first-order valence-electron chi connectivity index (χ1n) is 6.58. The lowest BCUT2D eigenvalue weighted by Crippen LogP contribution is -2.17. The second kappa shape index (κ2) is 5.32. The highest BCUT2D eigenvalue weighted by Crippen LogP contribution is 2.23. The number of fused-ring (bicyclic) bond motifs is 1. The number of carbonyl (C=O) groups is 1. The van der Waals surface area contributed by atoms with E-state index in [0.29, 0.717) is 17.8 Å². The molecule has 3 aromatic rings. The Morgan fingerprint density at radius 1 is 1.38 bits per heavy atom. The van der Waals surface area contributed by atoms with Crippen LogP contribution in [-0.4, -0.2) is 30.7 Å². The molecule has 0 aliphatic carbocycles. The van der Waals surface area contributed by atoms with E-state index in [1.165, 1.54) is 6.33 Å². The summed E-state index contributed by atoms with van der Waals surface area (Å²) in [5, 5.41) is 17.4. The van der Waals surface area contributed by atoms with Crippen LogP contribution in [0.1, 0.15) is 22.7 Å². The molecule has 6 nitrogen and oxygen atoms in total. The van der Waals surface area contributed by atoms with Crippen molar-refractivity contribution in [3.05, 3.63) is 59.8 Å². The van der Waals surface area contributed by atoms with Crippen LogP contribution in [0.15, 0.2) is 43.0 Å². The van der Waals surface area contributed by atoms with Gasteiger partial charge in [-0.3, -0.25) is 14.2 Å². The van der Waals surface area contributed by atoms with Crippen molar-refractivity contribution in [3.63, 3.8) is 0 Å². The molecule has 0 saturated heterocycles. The third kappa shape index (κ3) is 2.47. The highest BCUT2D eigenvalue weighted by Gasteiger charge is 2.25. The van der Waals surface area contributed by atoms with Gasteiger partial charge in [-0.1, -0.05) is 24.3 Å². The monoisotopic (exact) mass is 282 g/mol. The average molecular weight is 282 g/mol. The molecule has 6 heteroatoms. The van der Waals surface area contributed by atoms with Gasteiger partial charge >= 0.3 is 5.97 Å². The van der Waals surface area contributed by atoms with E-state index in [-0.39, 0.29) is 0 Å². The molecule has 1 atom stereocenters. The van der Waals surface area contributed by atoms with Crippen molar-refractivity contribution in [3.8, 4) is 0 Å². The van der Waals surface area contributed by atoms with Gasteiger partial charge < -0.3 is 5.11 Å². The maximum Gasteiger partial charge on any atom is 0.313 e. The van der Waals surface area contributed by atoms with Crippen LogP contribution in [0.25, 0.3) is 5.65 Å². The zero-order valence-corrected chi connectivity index (χ0v) is 11.5. The Labute approximate surface area is 121 Å². The smallest absolute Gasteiger partial charge is 0.313 e. The molecule has 0 saturated carbocycles. The van der Waals surface area contributed by atoms with E-state index in [4.69, 9.17) is 0 Å². The number of nitrogens with zero attached hydrogens (tertiary/aromatic N) is 4. The first-order valence-corrected chi connectivity index (χ1v) is 6.58. The lowest BCUT2D eigenvalue weighted by molar-refractivity contribution is -0.138. The van der Waals surface area contributed by atoms with E-state index in [2.05, 4.69) is 15.2 Å². The van der Waals surface area contributed by atoms with Gasteiger partial charge in [0.15, 0.2) is 5.65 Å². The quantitative estimate of drug-likeness (QED) is 0.789. The molecule has 21 heavy (non-hydrogen) atoms. The maximum absolute atomic E-state index is 11.7. The fraction of sp³-hybridized carbons (Fsp3) is 0.200. The summed E-state index contributed by atoms with van der Waals surface area (Å²) in [6.07, 6.45) is 5.18. The van der Waals surface area contributed by atoms with Crippen LogP contribution in [0.2, 0.25) is 0 Å². The molecule has 1 aromatic carbocycles. The number of carboxylic acid groups (broad SMARTS) is 1. The summed E-state index contributed by atoms with van der Waals surface area (Å²) < 4.78 is 1.68. The highest BCUT2D eigenvalue weighted by molar-refractivity contribution is 5.78. The topological polar surface area (TPSA) is 80.4 Å². The van der Waals surface area contributed by atoms with E-state index in [1.54, 1.807) is 16.8 Å². The molecule has 3 rings (SSSR count). The van der Waals surface area contributed by atoms with Gasteiger partial charge in [-0.25, -0.2) is 0 Å². The molecule has 0 aliphatic heterocycles. The summed E-state index contributed by atoms with van der Waals surface area (Å²) in [7, 11) is 0. The van der Waals surface area contributed by atoms with Gasteiger partial charge in [0.2, 0.25) is 0 Å². The van der Waals surface area contributed by atoms with E-state index in [0.717, 1.165) is 11.1 Å². The van der Waals surface area contributed by atoms with E-state index in [9.17, 15) is 9.90 Å². The van der Waals surface area contributed by atoms with Crippen molar-refractivity contribution in [1.29, 1.82) is 0 Å². The zero-order valence-electron chi connectivity index (χ0n) is 11.5. The van der Waals surface area contributed by atoms with E-state index in [1.807, 2.05) is 31.2 Å². The summed E-state index contributed by atoms with van der Waals surface area (Å²) >= 11 is 0. The molecule has 1 unspecified atom stereocenters. The molecule has 2 aromatic heterocycles. The lowest BCUT2D eigenvalue weighted by atomic mass is 9.93. The van der Waals surface area contributed by atoms with Gasteiger partial charge in [0.05, 0.1) is 0 Å². The number of carboxylic acids is 1. The van der Waals surface area contributed by atoms with Crippen molar-refractivity contribution in [2.75, 3.05) is 0 Å². The number of aliphatic carboxylic acids is 1. The summed E-state index contributed by atoms with van der Waals surface area (Å²) in [4.78, 5) is 15.9. The summed E-state index contributed by atoms with van der Waals surface area (Å²) in [6.45, 7) is 1.97. The third-order valence-electron chi connectivity index (χ3n) is 3.56. The number of benzene rings is 1. The Balaban J connectivity index is 2.05. The van der Waals surface area contributed by atoms with Gasteiger partial charge in [-0.2, -0.15) is 0 Å². The number of aromatic nitrogens is 4. The molecule has 1 N–H and O–H groups in total. The first-order chi connectivity index (χ1) is 10.2. The third-order valence-corrected chi connectivity index (χ3v) is 3.56. The van der Waals surface area contributed by atoms with E-state index < -0.39 is 11.9 Å². The predicted molar refractivity (Wildman–Crippen MR) is 76.0 cm³/mol. The summed E-state index contributed by atoms with van der Waals surface area (Å²) in [5.41, 5.74) is 2.98. The number of hydrogen-bond donors (Lipinski definition) is 1. The van der Waals surface area contributed by atoms with Gasteiger partial charge in [-0.15, -0.1) is 10.2 Å². The number of rotatable bonds is 4. The molecule has 0 fully saturated rings. The van der Waals surface area contributed by atoms with Crippen LogP contribution in [0.5, 0.6) is 0 Å². The number of aryl methyl sites for hydroxylation is 1. The average Bonchev–Trinajstić information content (AvgIpc) is 2.94. The fourth-order valence-corrected chi connectivity index (χ4v) is 2.38. The largest absolute Gasteiger partial charge is 0.481 e. The van der Waals surface area contributed by atoms with Crippen molar-refractivity contribution < 1.29 is 9.90 Å². The molecule has 106 valence electrons. The van der Waals surface area contributed by atoms with E-state index >= 15 is 0 Å². The Bertz CT molecular complexity index is 797. The molecule has 0 bridgehead atoms. The Hall–Kier alpha value is -2.76. The van der Waals surface area contributed by atoms with Crippen LogP contribution in [-0.2, 0) is 11.2 Å². The minimum absolute atomic E-state index is 0.377. The summed E-state index contributed by atoms with van der Waals surface area (Å²) in [6, 6.07) is 7.76. The van der Waals surface area contributed by atoms with Crippen LogP contribution < -0.4 is 0 Å². The minimum Gasteiger partial charge on any atom is -0.481 e. The van der Waals surface area contributed by atoms with Gasteiger partial charge in [-0.05, 0) is 24.5 Å². The SMILES string of the molecule is Cc1ccccc1CC(C(=O)O)c1nccn2cnnc12. The highest BCUT2D eigenvalue weighted by atomic mass is 16.4. The Morgan fingerprint density at radius 3 is 2.95 bits per heavy atom. The Morgan fingerprint density at radius 2 is 2.19 bits per heavy atom. The normalized spacial score (nSPS) is 12.4. The van der Waals surface area contributed by atoms with Crippen LogP contribution >= 0.6 is 0 Å². The van der Waals surface area contributed by atoms with Gasteiger partial charge in [0.1, 0.15) is 17.9 Å². The second-order valence-corrected chi connectivity index (χ2v) is 4.90. The lowest BCUT2D eigenvalue weighted by Gasteiger charge is -2.14. The molecule has 0 amide bonds. The number of hydrogen-bond acceptors (Lipinski definition) is 4. The first kappa shape index (κ1) is 13.2. The molecular weight excluding hydrogens is 268 g/mol. The molecule has 2 heterocycles. The van der Waals surface area contributed by atoms with Crippen molar-refractivity contribution in [2.24, 2.45) is 0 Å². The fourth-order valence-electron chi connectivity index (χ4n) is 2.38. The zero-order chi connectivity index (χ0) is 14.8. The van der Waals surface area contributed by atoms with Crippen molar-refractivity contribution in [2.45, 2.75) is 19.3 Å². The molecular formula is C15H14N4O2. The van der Waals surface area contributed by atoms with Gasteiger partial charge in [0.25, 0.3) is 0 Å². The molecule has 0 aliphatic rings.